The molecule has 0 aromatic heterocycles. The van der Waals surface area contributed by atoms with E-state index >= 15 is 0 Å². The van der Waals surface area contributed by atoms with Gasteiger partial charge in [0.2, 0.25) is 0 Å². The molecule has 0 spiro atoms. The molecule has 0 saturated carbocycles. The molecule has 0 unspecified atom stereocenters. The summed E-state index contributed by atoms with van der Waals surface area (Å²) in [5.41, 5.74) is 2.80. The van der Waals surface area contributed by atoms with Crippen molar-refractivity contribution in [3.63, 3.8) is 0 Å². The van der Waals surface area contributed by atoms with Gasteiger partial charge < -0.3 is 0 Å². The average molecular weight is 256 g/mol. The number of hydrogen-bond donors (Lipinski definition) is 0. The third-order valence-electron chi connectivity index (χ3n) is 3.76. The van der Waals surface area contributed by atoms with E-state index in [1.54, 1.807) is 0 Å². The van der Waals surface area contributed by atoms with E-state index in [0.717, 1.165) is 6.42 Å². The van der Waals surface area contributed by atoms with Crippen molar-refractivity contribution in [3.8, 4) is 0 Å². The van der Waals surface area contributed by atoms with E-state index < -0.39 is 0 Å². The Balaban J connectivity index is 0.000000807. The Kier molecular flexibility index (Phi) is 5.21. The van der Waals surface area contributed by atoms with Crippen molar-refractivity contribution >= 4 is 21.5 Å². The predicted molar refractivity (Wildman–Crippen MR) is 81.9 cm³/mol. The number of benzene rings is 2. The van der Waals surface area contributed by atoms with Gasteiger partial charge in [0.25, 0.3) is 0 Å². The van der Waals surface area contributed by atoms with Gasteiger partial charge in [-0.15, -0.1) is 81.2 Å². The minimum atomic E-state index is 0. The second kappa shape index (κ2) is 6.74. The summed E-state index contributed by atoms with van der Waals surface area (Å²) < 4.78 is 0. The molecule has 0 radical (unpaired) electrons. The van der Waals surface area contributed by atoms with Crippen LogP contribution in [0.4, 0.5) is 0 Å². The molecule has 0 fully saturated rings. The summed E-state index contributed by atoms with van der Waals surface area (Å²) in [6.07, 6.45) is 1.02. The third-order valence-corrected chi connectivity index (χ3v) is 3.76. The van der Waals surface area contributed by atoms with Crippen LogP contribution >= 0.6 is 0 Å². The van der Waals surface area contributed by atoms with Gasteiger partial charge in [-0.1, -0.05) is 12.1 Å². The summed E-state index contributed by atoms with van der Waals surface area (Å²) in [4.78, 5) is 0. The van der Waals surface area contributed by atoms with Crippen molar-refractivity contribution in [2.45, 2.75) is 6.42 Å². The second-order valence-electron chi connectivity index (χ2n) is 5.16. The van der Waals surface area contributed by atoms with Crippen LogP contribution in [0.1, 0.15) is 11.1 Å². The molecule has 2 heteroatoms. The molecule has 0 aliphatic rings. The van der Waals surface area contributed by atoms with Crippen molar-refractivity contribution < 1.29 is 37.7 Å². The molecular weight excluding hydrogens is 242 g/mol. The van der Waals surface area contributed by atoms with E-state index in [9.17, 15) is 0 Å². The van der Waals surface area contributed by atoms with Crippen molar-refractivity contribution in [2.75, 3.05) is 0 Å². The first-order valence-corrected chi connectivity index (χ1v) is 6.67. The molecule has 4 rings (SSSR count). The molecule has 0 N–H and O–H groups in total. The van der Waals surface area contributed by atoms with Crippen LogP contribution in [0.3, 0.4) is 0 Å². The van der Waals surface area contributed by atoms with Gasteiger partial charge in [-0.3, -0.25) is 0 Å². The Bertz CT molecular complexity index is 714. The minimum absolute atomic E-state index is 0. The van der Waals surface area contributed by atoms with Crippen molar-refractivity contribution in [2.24, 2.45) is 0 Å². The minimum Gasteiger partial charge on any atom is -0.165 e. The van der Waals surface area contributed by atoms with Crippen molar-refractivity contribution in [1.29, 1.82) is 0 Å². The SMILES string of the molecule is [Li+].[Li+].c1ccc2[cH-]c(Cc3cc4ccccc4[cH-]3)cc2c1. The Morgan fingerprint density at radius 2 is 1.05 bits per heavy atom. The number of hydrogen-bond acceptors (Lipinski definition) is 0. The molecule has 92 valence electrons. The maximum atomic E-state index is 2.30. The molecule has 0 heterocycles. The Labute approximate surface area is 149 Å². The number of fused-ring (bicyclic) bond motifs is 2. The van der Waals surface area contributed by atoms with Crippen LogP contribution in [0, 0.1) is 0 Å². The standard InChI is InChI=1S/C19H14.2Li/c1-2-6-17-11-14(10-16(17)5-1)9-15-12-18-7-3-4-8-19(18)13-15;;/h1-8,10-13H,9H2;;/q-2;2*+1. The summed E-state index contributed by atoms with van der Waals surface area (Å²) in [7, 11) is 0. The van der Waals surface area contributed by atoms with Gasteiger partial charge in [-0.05, 0) is 6.42 Å². The predicted octanol–water partition coefficient (Wildman–Crippen LogP) is -0.970. The summed E-state index contributed by atoms with van der Waals surface area (Å²) in [6.45, 7) is 0. The van der Waals surface area contributed by atoms with E-state index in [4.69, 9.17) is 0 Å². The fourth-order valence-corrected chi connectivity index (χ4v) is 2.87. The third kappa shape index (κ3) is 3.21. The Morgan fingerprint density at radius 3 is 1.48 bits per heavy atom. The van der Waals surface area contributed by atoms with E-state index in [1.165, 1.54) is 32.7 Å². The average Bonchev–Trinajstić information content (AvgIpc) is 3.00. The molecule has 0 saturated heterocycles. The summed E-state index contributed by atoms with van der Waals surface area (Å²) in [5, 5.41) is 5.37. The molecule has 0 nitrogen and oxygen atoms in total. The zero-order chi connectivity index (χ0) is 12.7. The largest absolute Gasteiger partial charge is 1.00 e. The maximum absolute atomic E-state index is 2.30. The van der Waals surface area contributed by atoms with Crippen LogP contribution in [-0.4, -0.2) is 0 Å². The topological polar surface area (TPSA) is 0 Å². The fourth-order valence-electron chi connectivity index (χ4n) is 2.87. The smallest absolute Gasteiger partial charge is 0.165 e. The zero-order valence-electron chi connectivity index (χ0n) is 12.6. The Morgan fingerprint density at radius 1 is 0.619 bits per heavy atom. The maximum Gasteiger partial charge on any atom is 1.00 e. The van der Waals surface area contributed by atoms with Gasteiger partial charge in [-0.25, -0.2) is 0 Å². The van der Waals surface area contributed by atoms with Crippen molar-refractivity contribution in [1.82, 2.24) is 0 Å². The molecule has 0 bridgehead atoms. The van der Waals surface area contributed by atoms with Gasteiger partial charge in [0, 0.05) is 0 Å². The quantitative estimate of drug-likeness (QED) is 0.320. The van der Waals surface area contributed by atoms with Crippen LogP contribution in [0.5, 0.6) is 0 Å². The molecule has 0 amide bonds. The first-order chi connectivity index (χ1) is 9.38. The molecule has 4 aromatic carbocycles. The van der Waals surface area contributed by atoms with E-state index in [-0.39, 0.29) is 37.7 Å². The van der Waals surface area contributed by atoms with Crippen LogP contribution in [0.2, 0.25) is 0 Å². The first-order valence-electron chi connectivity index (χ1n) is 6.67. The molecule has 0 aliphatic carbocycles. The van der Waals surface area contributed by atoms with Crippen LogP contribution < -0.4 is 37.7 Å². The zero-order valence-corrected chi connectivity index (χ0v) is 12.6. The molecule has 0 atom stereocenters. The summed E-state index contributed by atoms with van der Waals surface area (Å²) in [6, 6.07) is 26.3. The van der Waals surface area contributed by atoms with Gasteiger partial charge in [-0.2, -0.15) is 12.1 Å². The second-order valence-corrected chi connectivity index (χ2v) is 5.16. The molecule has 4 aromatic rings. The fraction of sp³-hybridized carbons (Fsp3) is 0.0526. The van der Waals surface area contributed by atoms with Crippen LogP contribution in [0.25, 0.3) is 21.5 Å². The van der Waals surface area contributed by atoms with Crippen molar-refractivity contribution in [3.05, 3.63) is 83.9 Å². The van der Waals surface area contributed by atoms with E-state index in [1.807, 2.05) is 0 Å². The summed E-state index contributed by atoms with van der Waals surface area (Å²) in [5.74, 6) is 0. The monoisotopic (exact) mass is 256 g/mol. The molecule has 21 heavy (non-hydrogen) atoms. The molecular formula is C19H14Li2. The van der Waals surface area contributed by atoms with Crippen LogP contribution in [-0.2, 0) is 6.42 Å². The van der Waals surface area contributed by atoms with Gasteiger partial charge in [0.05, 0.1) is 0 Å². The molecule has 0 aliphatic heterocycles. The van der Waals surface area contributed by atoms with Gasteiger partial charge in [0.15, 0.2) is 0 Å². The van der Waals surface area contributed by atoms with Gasteiger partial charge in [0.1, 0.15) is 0 Å². The summed E-state index contributed by atoms with van der Waals surface area (Å²) >= 11 is 0. The number of rotatable bonds is 2. The first kappa shape index (κ1) is 16.2. The van der Waals surface area contributed by atoms with E-state index in [2.05, 4.69) is 72.8 Å². The normalized spacial score (nSPS) is 10.3. The van der Waals surface area contributed by atoms with E-state index in [0.29, 0.717) is 0 Å². The van der Waals surface area contributed by atoms with Gasteiger partial charge >= 0.3 is 37.7 Å². The van der Waals surface area contributed by atoms with Crippen LogP contribution in [0.15, 0.2) is 72.8 Å². The Hall–Kier alpha value is -1.15.